The first-order valence-electron chi connectivity index (χ1n) is 11.0. The van der Waals surface area contributed by atoms with Gasteiger partial charge in [-0.2, -0.15) is 0 Å². The van der Waals surface area contributed by atoms with E-state index in [9.17, 15) is 4.79 Å². The van der Waals surface area contributed by atoms with Crippen molar-refractivity contribution in [1.29, 1.82) is 0 Å². The van der Waals surface area contributed by atoms with E-state index in [0.717, 1.165) is 37.7 Å². The van der Waals surface area contributed by atoms with Gasteiger partial charge in [-0.15, -0.1) is 0 Å². The van der Waals surface area contributed by atoms with Crippen LogP contribution < -0.4 is 16.0 Å². The van der Waals surface area contributed by atoms with Gasteiger partial charge >= 0.3 is 0 Å². The van der Waals surface area contributed by atoms with Crippen LogP contribution in [-0.2, 0) is 6.54 Å². The second-order valence-corrected chi connectivity index (χ2v) is 9.54. The molecule has 0 saturated heterocycles. The molecule has 1 aromatic rings. The third-order valence-corrected chi connectivity index (χ3v) is 6.77. The number of rotatable bonds is 9. The lowest BCUT2D eigenvalue weighted by Gasteiger charge is -2.45. The number of benzene rings is 1. The van der Waals surface area contributed by atoms with Crippen molar-refractivity contribution in [3.63, 3.8) is 0 Å². The number of nitrogens with one attached hydrogen (secondary N) is 3. The largest absolute Gasteiger partial charge is 0.351 e. The highest BCUT2D eigenvalue weighted by molar-refractivity contribution is 6.33. The van der Waals surface area contributed by atoms with E-state index in [4.69, 9.17) is 11.6 Å². The molecule has 0 aliphatic heterocycles. The van der Waals surface area contributed by atoms with Gasteiger partial charge in [0.1, 0.15) is 0 Å². The molecular formula is C23H36ClN3O. The zero-order valence-electron chi connectivity index (χ0n) is 17.5. The fraction of sp³-hybridized carbons (Fsp3) is 0.696. The van der Waals surface area contributed by atoms with Crippen molar-refractivity contribution in [1.82, 2.24) is 16.0 Å². The van der Waals surface area contributed by atoms with Crippen molar-refractivity contribution in [3.8, 4) is 0 Å². The Bertz CT molecular complexity index is 651. The number of carbonyl (C=O) groups excluding carboxylic acids is 1. The Morgan fingerprint density at radius 1 is 1.21 bits per heavy atom. The average Bonchev–Trinajstić information content (AvgIpc) is 2.67. The molecule has 1 aromatic carbocycles. The van der Waals surface area contributed by atoms with E-state index in [1.807, 2.05) is 18.2 Å². The lowest BCUT2D eigenvalue weighted by atomic mass is 9.62. The molecule has 0 radical (unpaired) electrons. The number of fused-ring (bicyclic) bond motifs is 2. The summed E-state index contributed by atoms with van der Waals surface area (Å²) >= 11 is 6.34. The molecule has 3 N–H and O–H groups in total. The quantitative estimate of drug-likeness (QED) is 0.529. The summed E-state index contributed by atoms with van der Waals surface area (Å²) in [6.07, 6.45) is 9.18. The molecule has 2 saturated carbocycles. The molecule has 28 heavy (non-hydrogen) atoms. The minimum atomic E-state index is -0.0320. The Morgan fingerprint density at radius 3 is 2.68 bits per heavy atom. The monoisotopic (exact) mass is 405 g/mol. The maximum absolute atomic E-state index is 12.8. The summed E-state index contributed by atoms with van der Waals surface area (Å²) in [4.78, 5) is 12.8. The molecule has 0 spiro atoms. The Labute approximate surface area is 175 Å². The molecule has 4 nitrogen and oxygen atoms in total. The number of hydrogen-bond donors (Lipinski definition) is 3. The molecule has 2 aliphatic carbocycles. The standard InChI is InChI=1S/C23H36ClN3O/c1-17(2)26-12-11-25-15-19-7-8-21(24)20(13-19)22(28)27-16-23-9-3-5-18(14-23)6-4-10-23/h7-8,13,17-18,25-26H,3-6,9-12,14-16H2,1-2H3,(H,27,28). The van der Waals surface area contributed by atoms with Crippen LogP contribution in [0.25, 0.3) is 0 Å². The predicted octanol–water partition coefficient (Wildman–Crippen LogP) is 4.52. The Hall–Kier alpha value is -1.10. The van der Waals surface area contributed by atoms with E-state index in [-0.39, 0.29) is 5.91 Å². The minimum absolute atomic E-state index is 0.0320. The van der Waals surface area contributed by atoms with Gasteiger partial charge in [0.2, 0.25) is 0 Å². The van der Waals surface area contributed by atoms with E-state index in [0.29, 0.717) is 22.0 Å². The van der Waals surface area contributed by atoms with Crippen LogP contribution in [0.15, 0.2) is 18.2 Å². The molecule has 0 aromatic heterocycles. The number of carbonyl (C=O) groups is 1. The fourth-order valence-corrected chi connectivity index (χ4v) is 5.18. The first-order chi connectivity index (χ1) is 13.5. The van der Waals surface area contributed by atoms with Gasteiger partial charge in [-0.25, -0.2) is 0 Å². The highest BCUT2D eigenvalue weighted by Gasteiger charge is 2.39. The van der Waals surface area contributed by atoms with Gasteiger partial charge in [-0.05, 0) is 48.3 Å². The highest BCUT2D eigenvalue weighted by atomic mass is 35.5. The Balaban J connectivity index is 1.52. The Morgan fingerprint density at radius 2 is 1.96 bits per heavy atom. The third-order valence-electron chi connectivity index (χ3n) is 6.44. The summed E-state index contributed by atoms with van der Waals surface area (Å²) in [5, 5.41) is 10.6. The fourth-order valence-electron chi connectivity index (χ4n) is 4.97. The summed E-state index contributed by atoms with van der Waals surface area (Å²) in [7, 11) is 0. The van der Waals surface area contributed by atoms with Gasteiger partial charge in [-0.1, -0.05) is 57.2 Å². The van der Waals surface area contributed by atoms with E-state index in [1.165, 1.54) is 44.9 Å². The van der Waals surface area contributed by atoms with Crippen molar-refractivity contribution in [2.45, 2.75) is 71.4 Å². The van der Waals surface area contributed by atoms with Crippen LogP contribution >= 0.6 is 11.6 Å². The molecule has 2 bridgehead atoms. The second kappa shape index (κ2) is 10.1. The van der Waals surface area contributed by atoms with Crippen LogP contribution in [0, 0.1) is 11.3 Å². The van der Waals surface area contributed by atoms with Gasteiger partial charge in [0.05, 0.1) is 10.6 Å². The summed E-state index contributed by atoms with van der Waals surface area (Å²) in [6, 6.07) is 6.27. The minimum Gasteiger partial charge on any atom is -0.351 e. The molecule has 0 heterocycles. The van der Waals surface area contributed by atoms with Gasteiger partial charge in [0, 0.05) is 32.2 Å². The van der Waals surface area contributed by atoms with Crippen LogP contribution in [0.2, 0.25) is 5.02 Å². The molecule has 156 valence electrons. The number of hydrogen-bond acceptors (Lipinski definition) is 3. The van der Waals surface area contributed by atoms with E-state index < -0.39 is 0 Å². The molecule has 0 atom stereocenters. The van der Waals surface area contributed by atoms with Crippen molar-refractivity contribution >= 4 is 17.5 Å². The van der Waals surface area contributed by atoms with Gasteiger partial charge in [0.15, 0.2) is 0 Å². The molecule has 5 heteroatoms. The van der Waals surface area contributed by atoms with Crippen molar-refractivity contribution in [3.05, 3.63) is 34.3 Å². The number of amides is 1. The number of halogens is 1. The summed E-state index contributed by atoms with van der Waals surface area (Å²) < 4.78 is 0. The van der Waals surface area contributed by atoms with Crippen molar-refractivity contribution in [2.24, 2.45) is 11.3 Å². The van der Waals surface area contributed by atoms with Crippen LogP contribution in [-0.4, -0.2) is 31.6 Å². The van der Waals surface area contributed by atoms with Crippen LogP contribution in [0.5, 0.6) is 0 Å². The molecule has 2 aliphatic rings. The topological polar surface area (TPSA) is 53.2 Å². The average molecular weight is 406 g/mol. The third kappa shape index (κ3) is 5.95. The van der Waals surface area contributed by atoms with Gasteiger partial charge in [0.25, 0.3) is 5.91 Å². The Kier molecular flexibility index (Phi) is 7.78. The first kappa shape index (κ1) is 21.6. The predicted molar refractivity (Wildman–Crippen MR) is 117 cm³/mol. The van der Waals surface area contributed by atoms with Crippen molar-refractivity contribution in [2.75, 3.05) is 19.6 Å². The van der Waals surface area contributed by atoms with Crippen LogP contribution in [0.4, 0.5) is 0 Å². The lowest BCUT2D eigenvalue weighted by molar-refractivity contribution is 0.0681. The normalized spacial score (nSPS) is 24.4. The van der Waals surface area contributed by atoms with Gasteiger partial charge < -0.3 is 16.0 Å². The van der Waals surface area contributed by atoms with E-state index in [2.05, 4.69) is 29.8 Å². The highest BCUT2D eigenvalue weighted by Crippen LogP contribution is 2.48. The van der Waals surface area contributed by atoms with E-state index >= 15 is 0 Å². The maximum Gasteiger partial charge on any atom is 0.252 e. The molecule has 0 unspecified atom stereocenters. The molecule has 2 fully saturated rings. The van der Waals surface area contributed by atoms with Crippen LogP contribution in [0.3, 0.4) is 0 Å². The molecule has 1 amide bonds. The first-order valence-corrected chi connectivity index (χ1v) is 11.4. The van der Waals surface area contributed by atoms with Crippen LogP contribution in [0.1, 0.15) is 74.7 Å². The van der Waals surface area contributed by atoms with E-state index in [1.54, 1.807) is 0 Å². The lowest BCUT2D eigenvalue weighted by Crippen LogP contribution is -2.43. The maximum atomic E-state index is 12.8. The zero-order chi connectivity index (χ0) is 20.0. The van der Waals surface area contributed by atoms with Crippen molar-refractivity contribution < 1.29 is 4.79 Å². The smallest absolute Gasteiger partial charge is 0.252 e. The SMILES string of the molecule is CC(C)NCCNCc1ccc(Cl)c(C(=O)NCC23CCCC(CCC2)C3)c1. The van der Waals surface area contributed by atoms with Gasteiger partial charge in [-0.3, -0.25) is 4.79 Å². The zero-order valence-corrected chi connectivity index (χ0v) is 18.2. The summed E-state index contributed by atoms with van der Waals surface area (Å²) in [5.74, 6) is 0.845. The second-order valence-electron chi connectivity index (χ2n) is 9.14. The summed E-state index contributed by atoms with van der Waals surface area (Å²) in [6.45, 7) is 7.65. The summed E-state index contributed by atoms with van der Waals surface area (Å²) in [5.41, 5.74) is 2.01. The molecule has 3 rings (SSSR count). The molecular weight excluding hydrogens is 370 g/mol.